The van der Waals surface area contributed by atoms with Crippen LogP contribution in [0, 0.1) is 5.92 Å². The van der Waals surface area contributed by atoms with Gasteiger partial charge in [0.2, 0.25) is 5.88 Å². The summed E-state index contributed by atoms with van der Waals surface area (Å²) in [4.78, 5) is 28.8. The summed E-state index contributed by atoms with van der Waals surface area (Å²) in [7, 11) is 0. The van der Waals surface area contributed by atoms with Gasteiger partial charge in [0.15, 0.2) is 0 Å². The van der Waals surface area contributed by atoms with Gasteiger partial charge in [-0.05, 0) is 19.9 Å². The molecular formula is C16H16N2O4. The fourth-order valence-electron chi connectivity index (χ4n) is 3.50. The number of rotatable bonds is 0. The molecule has 0 aliphatic carbocycles. The number of ether oxygens (including phenoxy) is 2. The minimum absolute atomic E-state index is 0.0121. The van der Waals surface area contributed by atoms with Crippen LogP contribution in [-0.4, -0.2) is 22.2 Å². The molecule has 0 bridgehead atoms. The third kappa shape index (κ3) is 1.73. The van der Waals surface area contributed by atoms with Crippen LogP contribution in [0.15, 0.2) is 33.9 Å². The van der Waals surface area contributed by atoms with E-state index in [0.717, 1.165) is 11.3 Å². The van der Waals surface area contributed by atoms with Crippen molar-refractivity contribution in [2.75, 3.05) is 6.61 Å². The summed E-state index contributed by atoms with van der Waals surface area (Å²) >= 11 is 0. The van der Waals surface area contributed by atoms with Gasteiger partial charge in [0.25, 0.3) is 5.56 Å². The van der Waals surface area contributed by atoms with Gasteiger partial charge in [-0.1, -0.05) is 18.2 Å². The molecule has 0 unspecified atom stereocenters. The van der Waals surface area contributed by atoms with E-state index in [9.17, 15) is 9.59 Å². The predicted molar refractivity (Wildman–Crippen MR) is 79.7 cm³/mol. The maximum Gasteiger partial charge on any atom is 0.328 e. The highest BCUT2D eigenvalue weighted by molar-refractivity contribution is 5.48. The van der Waals surface area contributed by atoms with E-state index in [4.69, 9.17) is 9.47 Å². The Balaban J connectivity index is 2.04. The highest BCUT2D eigenvalue weighted by Gasteiger charge is 2.49. The number of aromatic amines is 2. The molecule has 3 heterocycles. The molecule has 0 amide bonds. The number of fused-ring (bicyclic) bond motifs is 5. The molecule has 2 atom stereocenters. The first-order valence-corrected chi connectivity index (χ1v) is 7.24. The highest BCUT2D eigenvalue weighted by Crippen LogP contribution is 2.50. The van der Waals surface area contributed by atoms with E-state index >= 15 is 0 Å². The molecule has 4 rings (SSSR count). The van der Waals surface area contributed by atoms with Crippen molar-refractivity contribution in [1.29, 1.82) is 0 Å². The Morgan fingerprint density at radius 2 is 1.95 bits per heavy atom. The quantitative estimate of drug-likeness (QED) is 0.769. The van der Waals surface area contributed by atoms with Crippen LogP contribution in [0.2, 0.25) is 0 Å². The van der Waals surface area contributed by atoms with Crippen LogP contribution in [0.4, 0.5) is 0 Å². The van der Waals surface area contributed by atoms with Gasteiger partial charge < -0.3 is 9.47 Å². The number of hydrogen-bond donors (Lipinski definition) is 2. The minimum atomic E-state index is -0.557. The molecule has 0 spiro atoms. The highest BCUT2D eigenvalue weighted by atomic mass is 16.5. The van der Waals surface area contributed by atoms with Crippen LogP contribution in [0.1, 0.15) is 30.9 Å². The van der Waals surface area contributed by atoms with E-state index in [1.54, 1.807) is 0 Å². The average Bonchev–Trinajstić information content (AvgIpc) is 2.45. The van der Waals surface area contributed by atoms with Crippen LogP contribution >= 0.6 is 0 Å². The molecule has 1 aromatic carbocycles. The second-order valence-electron chi connectivity index (χ2n) is 6.29. The predicted octanol–water partition coefficient (Wildman–Crippen LogP) is 1.37. The van der Waals surface area contributed by atoms with E-state index in [1.807, 2.05) is 38.1 Å². The summed E-state index contributed by atoms with van der Waals surface area (Å²) in [5.41, 5.74) is -0.0880. The van der Waals surface area contributed by atoms with Crippen molar-refractivity contribution in [3.8, 4) is 11.6 Å². The lowest BCUT2D eigenvalue weighted by atomic mass is 9.71. The summed E-state index contributed by atoms with van der Waals surface area (Å²) in [5.74, 6) is 0.862. The number of benzene rings is 1. The summed E-state index contributed by atoms with van der Waals surface area (Å²) in [6.45, 7) is 4.36. The van der Waals surface area contributed by atoms with Crippen molar-refractivity contribution in [1.82, 2.24) is 9.97 Å². The van der Waals surface area contributed by atoms with Crippen molar-refractivity contribution >= 4 is 0 Å². The van der Waals surface area contributed by atoms with Gasteiger partial charge in [0.05, 0.1) is 12.2 Å². The largest absolute Gasteiger partial charge is 0.493 e. The molecule has 2 aliphatic rings. The number of para-hydroxylation sites is 1. The van der Waals surface area contributed by atoms with Gasteiger partial charge in [-0.2, -0.15) is 0 Å². The summed E-state index contributed by atoms with van der Waals surface area (Å²) in [6, 6.07) is 7.68. The van der Waals surface area contributed by atoms with Gasteiger partial charge in [-0.15, -0.1) is 0 Å². The smallest absolute Gasteiger partial charge is 0.328 e. The molecule has 0 fully saturated rings. The first-order chi connectivity index (χ1) is 10.5. The minimum Gasteiger partial charge on any atom is -0.493 e. The van der Waals surface area contributed by atoms with Gasteiger partial charge in [0.1, 0.15) is 11.4 Å². The molecule has 2 aromatic rings. The molecule has 114 valence electrons. The van der Waals surface area contributed by atoms with Crippen molar-refractivity contribution in [3.05, 3.63) is 56.2 Å². The normalized spacial score (nSPS) is 24.3. The fourth-order valence-corrected chi connectivity index (χ4v) is 3.50. The Morgan fingerprint density at radius 1 is 1.18 bits per heavy atom. The fraction of sp³-hybridized carbons (Fsp3) is 0.375. The molecule has 1 aromatic heterocycles. The van der Waals surface area contributed by atoms with Gasteiger partial charge in [-0.3, -0.25) is 14.8 Å². The maximum absolute atomic E-state index is 12.4. The number of H-pyrrole nitrogens is 2. The standard InChI is InChI=1S/C16H16N2O4/c1-16(2)9-7-21-10-6-4-3-5-8(10)11(9)12-13(19)17-15(20)18-14(12)22-16/h3-6,9,11H,7H2,1-2H3,(H2,17,18,19,20)/t9-,11-/m0/s1. The summed E-state index contributed by atoms with van der Waals surface area (Å²) in [5, 5.41) is 0. The Labute approximate surface area is 126 Å². The second kappa shape index (κ2) is 4.25. The molecule has 2 N–H and O–H groups in total. The molecule has 0 saturated heterocycles. The van der Waals surface area contributed by atoms with Crippen LogP contribution < -0.4 is 20.7 Å². The molecule has 6 nitrogen and oxygen atoms in total. The zero-order chi connectivity index (χ0) is 15.5. The van der Waals surface area contributed by atoms with Crippen molar-refractivity contribution in [2.24, 2.45) is 5.92 Å². The van der Waals surface area contributed by atoms with E-state index in [2.05, 4.69) is 9.97 Å². The third-order valence-corrected chi connectivity index (χ3v) is 4.59. The van der Waals surface area contributed by atoms with Crippen LogP contribution in [0.5, 0.6) is 11.6 Å². The molecule has 0 saturated carbocycles. The lowest BCUT2D eigenvalue weighted by Gasteiger charge is -2.46. The molecule has 22 heavy (non-hydrogen) atoms. The van der Waals surface area contributed by atoms with Crippen LogP contribution in [0.25, 0.3) is 0 Å². The molecule has 6 heteroatoms. The summed E-state index contributed by atoms with van der Waals surface area (Å²) in [6.07, 6.45) is 0. The average molecular weight is 300 g/mol. The molecule has 2 aliphatic heterocycles. The summed E-state index contributed by atoms with van der Waals surface area (Å²) < 4.78 is 11.8. The number of aromatic nitrogens is 2. The van der Waals surface area contributed by atoms with Crippen molar-refractivity contribution in [2.45, 2.75) is 25.4 Å². The second-order valence-corrected chi connectivity index (χ2v) is 6.29. The lowest BCUT2D eigenvalue weighted by molar-refractivity contribution is -0.0184. The molecule has 0 radical (unpaired) electrons. The van der Waals surface area contributed by atoms with Gasteiger partial charge in [0, 0.05) is 17.4 Å². The van der Waals surface area contributed by atoms with E-state index in [-0.39, 0.29) is 17.7 Å². The Hall–Kier alpha value is -2.50. The third-order valence-electron chi connectivity index (χ3n) is 4.59. The van der Waals surface area contributed by atoms with Crippen LogP contribution in [-0.2, 0) is 0 Å². The van der Waals surface area contributed by atoms with Crippen LogP contribution in [0.3, 0.4) is 0 Å². The Kier molecular flexibility index (Phi) is 2.55. The van der Waals surface area contributed by atoms with E-state index < -0.39 is 16.9 Å². The zero-order valence-corrected chi connectivity index (χ0v) is 12.3. The first kappa shape index (κ1) is 13.2. The number of nitrogens with one attached hydrogen (secondary N) is 2. The monoisotopic (exact) mass is 300 g/mol. The SMILES string of the molecule is CC1(C)Oc2[nH]c(=O)[nH]c(=O)c2[C@H]2c3ccccc3OC[C@@H]21. The van der Waals surface area contributed by atoms with Crippen molar-refractivity contribution in [3.63, 3.8) is 0 Å². The van der Waals surface area contributed by atoms with E-state index in [1.165, 1.54) is 0 Å². The Morgan fingerprint density at radius 3 is 2.77 bits per heavy atom. The van der Waals surface area contributed by atoms with E-state index in [0.29, 0.717) is 12.2 Å². The topological polar surface area (TPSA) is 84.2 Å². The van der Waals surface area contributed by atoms with Gasteiger partial charge in [-0.25, -0.2) is 4.79 Å². The van der Waals surface area contributed by atoms with Gasteiger partial charge >= 0.3 is 5.69 Å². The number of hydrogen-bond acceptors (Lipinski definition) is 4. The molecular weight excluding hydrogens is 284 g/mol. The lowest BCUT2D eigenvalue weighted by Crippen LogP contribution is -2.51. The Bertz CT molecular complexity index is 865. The maximum atomic E-state index is 12.4. The first-order valence-electron chi connectivity index (χ1n) is 7.24. The zero-order valence-electron chi connectivity index (χ0n) is 12.3. The van der Waals surface area contributed by atoms with Crippen molar-refractivity contribution < 1.29 is 9.47 Å².